The van der Waals surface area contributed by atoms with Gasteiger partial charge in [-0.3, -0.25) is 14.4 Å². The highest BCUT2D eigenvalue weighted by Gasteiger charge is 2.43. The molecule has 0 bridgehead atoms. The van der Waals surface area contributed by atoms with Gasteiger partial charge in [-0.2, -0.15) is 0 Å². The molecule has 41 heavy (non-hydrogen) atoms. The van der Waals surface area contributed by atoms with Gasteiger partial charge in [-0.05, 0) is 44.6 Å². The van der Waals surface area contributed by atoms with Crippen molar-refractivity contribution in [1.29, 1.82) is 0 Å². The highest BCUT2D eigenvalue weighted by atomic mass is 16.6. The second-order valence-electron chi connectivity index (χ2n) is 12.0. The molecule has 2 rings (SSSR count). The zero-order valence-corrected chi connectivity index (χ0v) is 24.9. The summed E-state index contributed by atoms with van der Waals surface area (Å²) in [7, 11) is 0. The highest BCUT2D eigenvalue weighted by Crippen LogP contribution is 2.26. The van der Waals surface area contributed by atoms with Crippen LogP contribution in [0.1, 0.15) is 66.4 Å². The van der Waals surface area contributed by atoms with Gasteiger partial charge in [0.2, 0.25) is 11.8 Å². The van der Waals surface area contributed by atoms with Crippen LogP contribution in [0.25, 0.3) is 0 Å². The van der Waals surface area contributed by atoms with E-state index < -0.39 is 65.4 Å². The zero-order valence-electron chi connectivity index (χ0n) is 24.9. The smallest absolute Gasteiger partial charge is 0.408 e. The van der Waals surface area contributed by atoms with Gasteiger partial charge in [-0.15, -0.1) is 0 Å². The zero-order chi connectivity index (χ0) is 30.8. The first kappa shape index (κ1) is 33.3. The number of carbonyl (C=O) groups is 5. The summed E-state index contributed by atoms with van der Waals surface area (Å²) in [4.78, 5) is 66.5. The van der Waals surface area contributed by atoms with Crippen molar-refractivity contribution in [2.24, 2.45) is 5.41 Å². The Bertz CT molecular complexity index is 1090. The highest BCUT2D eigenvalue weighted by molar-refractivity contribution is 5.95. The third-order valence-corrected chi connectivity index (χ3v) is 6.16. The minimum atomic E-state index is -1.39. The van der Waals surface area contributed by atoms with Crippen molar-refractivity contribution in [3.63, 3.8) is 0 Å². The van der Waals surface area contributed by atoms with Gasteiger partial charge in [0.05, 0.1) is 6.42 Å². The van der Waals surface area contributed by atoms with Crippen molar-refractivity contribution in [2.75, 3.05) is 13.2 Å². The number of alkyl carbamates (subject to hydrolysis) is 1. The lowest BCUT2D eigenvalue weighted by Crippen LogP contribution is -2.60. The predicted molar refractivity (Wildman–Crippen MR) is 151 cm³/mol. The molecular weight excluding hydrogens is 530 g/mol. The molecule has 1 aliphatic heterocycles. The maximum atomic E-state index is 13.7. The van der Waals surface area contributed by atoms with E-state index >= 15 is 0 Å². The van der Waals surface area contributed by atoms with Crippen LogP contribution in [0.2, 0.25) is 0 Å². The Morgan fingerprint density at radius 3 is 2.27 bits per heavy atom. The van der Waals surface area contributed by atoms with Gasteiger partial charge in [0.1, 0.15) is 36.9 Å². The average molecular weight is 574 g/mol. The molecule has 0 unspecified atom stereocenters. The number of hydrogen-bond acceptors (Lipinski definition) is 8. The number of carbonyl (C=O) groups excluding carboxylic acids is 5. The fourth-order valence-electron chi connectivity index (χ4n) is 4.24. The fourth-order valence-corrected chi connectivity index (χ4v) is 4.24. The van der Waals surface area contributed by atoms with E-state index in [4.69, 9.17) is 14.2 Å². The van der Waals surface area contributed by atoms with Crippen LogP contribution in [-0.4, -0.2) is 71.6 Å². The molecule has 226 valence electrons. The van der Waals surface area contributed by atoms with Crippen LogP contribution in [-0.2, 0) is 40.0 Å². The first-order chi connectivity index (χ1) is 19.1. The number of likely N-dealkylation sites (tertiary alicyclic amines) is 1. The summed E-state index contributed by atoms with van der Waals surface area (Å²) >= 11 is 0. The summed E-state index contributed by atoms with van der Waals surface area (Å²) in [6.45, 7) is 14.2. The van der Waals surface area contributed by atoms with Crippen LogP contribution >= 0.6 is 0 Å². The van der Waals surface area contributed by atoms with E-state index in [0.717, 1.165) is 5.56 Å². The SMILES string of the molecule is C=CCOC(=O)[C@H]1CCCN1C(=O)[C@@H](NC(=O)[C@H](CC(=O)OC(C)(C)C)NC(=O)OCc1ccccc1)C(C)(C)C. The number of esters is 2. The van der Waals surface area contributed by atoms with Crippen molar-refractivity contribution in [3.8, 4) is 0 Å². The molecule has 0 spiro atoms. The molecule has 1 fully saturated rings. The number of benzene rings is 1. The molecular formula is C30H43N3O8. The standard InChI is InChI=1S/C30H43N3O8/c1-8-17-39-27(37)22-15-12-16-33(22)26(36)24(29(2,3)4)32-25(35)21(18-23(34)41-30(5,6)7)31-28(38)40-19-20-13-10-9-11-14-20/h8-11,13-14,21-22,24H,1,12,15-19H2,2-7H3,(H,31,38)(H,32,35)/t21-,22+,24+/m0/s1. The molecule has 1 heterocycles. The van der Waals surface area contributed by atoms with E-state index in [0.29, 0.717) is 19.4 Å². The van der Waals surface area contributed by atoms with Crippen molar-refractivity contribution in [1.82, 2.24) is 15.5 Å². The molecule has 0 radical (unpaired) electrons. The molecule has 3 atom stereocenters. The van der Waals surface area contributed by atoms with Crippen molar-refractivity contribution >= 4 is 29.8 Å². The minimum Gasteiger partial charge on any atom is -0.460 e. The molecule has 1 aliphatic rings. The van der Waals surface area contributed by atoms with Crippen LogP contribution < -0.4 is 10.6 Å². The third-order valence-electron chi connectivity index (χ3n) is 6.16. The molecule has 0 aliphatic carbocycles. The molecule has 11 nitrogen and oxygen atoms in total. The first-order valence-corrected chi connectivity index (χ1v) is 13.7. The third kappa shape index (κ3) is 10.9. The molecule has 1 aromatic carbocycles. The quantitative estimate of drug-likeness (QED) is 0.234. The number of rotatable bonds is 11. The molecule has 3 amide bonds. The van der Waals surface area contributed by atoms with Crippen LogP contribution in [0.15, 0.2) is 43.0 Å². The van der Waals surface area contributed by atoms with Crippen LogP contribution in [0.5, 0.6) is 0 Å². The Hall–Kier alpha value is -3.89. The van der Waals surface area contributed by atoms with Gasteiger partial charge in [0.25, 0.3) is 0 Å². The number of nitrogens with zero attached hydrogens (tertiary/aromatic N) is 1. The Labute approximate surface area is 242 Å². The van der Waals surface area contributed by atoms with Gasteiger partial charge in [-0.1, -0.05) is 63.8 Å². The first-order valence-electron chi connectivity index (χ1n) is 13.7. The second-order valence-corrected chi connectivity index (χ2v) is 12.0. The molecule has 11 heteroatoms. The van der Waals surface area contributed by atoms with E-state index in [1.165, 1.54) is 11.0 Å². The van der Waals surface area contributed by atoms with Crippen molar-refractivity contribution in [2.45, 2.75) is 91.1 Å². The summed E-state index contributed by atoms with van der Waals surface area (Å²) in [6, 6.07) is 5.71. The molecule has 1 aromatic rings. The lowest BCUT2D eigenvalue weighted by Gasteiger charge is -2.36. The summed E-state index contributed by atoms with van der Waals surface area (Å²) < 4.78 is 15.8. The van der Waals surface area contributed by atoms with Crippen molar-refractivity contribution in [3.05, 3.63) is 48.6 Å². The Morgan fingerprint density at radius 2 is 1.68 bits per heavy atom. The predicted octanol–water partition coefficient (Wildman–Crippen LogP) is 3.26. The summed E-state index contributed by atoms with van der Waals surface area (Å²) in [5.41, 5.74) is -0.864. The number of amides is 3. The van der Waals surface area contributed by atoms with Crippen LogP contribution in [0.3, 0.4) is 0 Å². The number of nitrogens with one attached hydrogen (secondary N) is 2. The number of hydrogen-bond donors (Lipinski definition) is 2. The molecule has 0 aromatic heterocycles. The summed E-state index contributed by atoms with van der Waals surface area (Å²) in [5.74, 6) is -2.50. The normalized spacial score (nSPS) is 16.6. The largest absolute Gasteiger partial charge is 0.460 e. The second kappa shape index (κ2) is 14.7. The fraction of sp³-hybridized carbons (Fsp3) is 0.567. The monoisotopic (exact) mass is 573 g/mol. The molecule has 0 saturated carbocycles. The van der Waals surface area contributed by atoms with Crippen LogP contribution in [0, 0.1) is 5.41 Å². The molecule has 1 saturated heterocycles. The van der Waals surface area contributed by atoms with E-state index in [-0.39, 0.29) is 13.2 Å². The van der Waals surface area contributed by atoms with Crippen molar-refractivity contribution < 1.29 is 38.2 Å². The van der Waals surface area contributed by atoms with Gasteiger partial charge < -0.3 is 29.7 Å². The van der Waals surface area contributed by atoms with Gasteiger partial charge >= 0.3 is 18.0 Å². The molecule has 2 N–H and O–H groups in total. The summed E-state index contributed by atoms with van der Waals surface area (Å²) in [5, 5.41) is 5.14. The Kier molecular flexibility index (Phi) is 11.9. The van der Waals surface area contributed by atoms with Gasteiger partial charge in [-0.25, -0.2) is 9.59 Å². The van der Waals surface area contributed by atoms with E-state index in [9.17, 15) is 24.0 Å². The lowest BCUT2D eigenvalue weighted by atomic mass is 9.85. The van der Waals surface area contributed by atoms with Gasteiger partial charge in [0.15, 0.2) is 0 Å². The van der Waals surface area contributed by atoms with E-state index in [2.05, 4.69) is 17.2 Å². The topological polar surface area (TPSA) is 140 Å². The lowest BCUT2D eigenvalue weighted by molar-refractivity contribution is -0.157. The van der Waals surface area contributed by atoms with E-state index in [1.54, 1.807) is 65.8 Å². The average Bonchev–Trinajstić information content (AvgIpc) is 3.37. The number of ether oxygens (including phenoxy) is 3. The Morgan fingerprint density at radius 1 is 1.02 bits per heavy atom. The minimum absolute atomic E-state index is 0.0230. The van der Waals surface area contributed by atoms with Gasteiger partial charge in [0, 0.05) is 6.54 Å². The maximum Gasteiger partial charge on any atom is 0.408 e. The Balaban J connectivity index is 2.22. The summed E-state index contributed by atoms with van der Waals surface area (Å²) in [6.07, 6.45) is 1.07. The van der Waals surface area contributed by atoms with E-state index in [1.807, 2.05) is 6.07 Å². The maximum absolute atomic E-state index is 13.7. The van der Waals surface area contributed by atoms with Crippen LogP contribution in [0.4, 0.5) is 4.79 Å².